The summed E-state index contributed by atoms with van der Waals surface area (Å²) in [5.41, 5.74) is 10.6. The van der Waals surface area contributed by atoms with Crippen molar-refractivity contribution in [2.24, 2.45) is 23.3 Å². The molecule has 0 aliphatic rings. The monoisotopic (exact) mass is 415 g/mol. The molecule has 4 amide bonds. The lowest BCUT2D eigenvalue weighted by Gasteiger charge is -2.26. The number of aliphatic carboxylic acids is 1. The predicted molar refractivity (Wildman–Crippen MR) is 105 cm³/mol. The van der Waals surface area contributed by atoms with Crippen molar-refractivity contribution in [3.8, 4) is 0 Å². The van der Waals surface area contributed by atoms with Crippen molar-refractivity contribution in [2.75, 3.05) is 0 Å². The third-order valence-electron chi connectivity index (χ3n) is 4.02. The Labute approximate surface area is 170 Å². The van der Waals surface area contributed by atoms with Gasteiger partial charge in [-0.2, -0.15) is 0 Å². The van der Waals surface area contributed by atoms with Gasteiger partial charge < -0.3 is 32.5 Å². The highest BCUT2D eigenvalue weighted by Crippen LogP contribution is 2.09. The topological polar surface area (TPSA) is 194 Å². The third kappa shape index (κ3) is 9.88. The maximum Gasteiger partial charge on any atom is 0.326 e. The van der Waals surface area contributed by atoms with Gasteiger partial charge in [0.2, 0.25) is 23.6 Å². The van der Waals surface area contributed by atoms with Gasteiger partial charge in [0.05, 0.1) is 12.5 Å². The molecule has 0 aliphatic heterocycles. The van der Waals surface area contributed by atoms with E-state index < -0.39 is 60.2 Å². The number of carbonyl (C=O) groups excluding carboxylic acids is 4. The van der Waals surface area contributed by atoms with Gasteiger partial charge in [0.25, 0.3) is 0 Å². The van der Waals surface area contributed by atoms with Crippen LogP contribution in [0.4, 0.5) is 0 Å². The molecule has 0 fully saturated rings. The molecule has 4 atom stereocenters. The quantitative estimate of drug-likeness (QED) is 0.222. The number of carboxylic acids is 1. The molecule has 29 heavy (non-hydrogen) atoms. The van der Waals surface area contributed by atoms with E-state index in [1.165, 1.54) is 6.92 Å². The Kier molecular flexibility index (Phi) is 10.9. The average Bonchev–Trinajstić information content (AvgIpc) is 2.56. The number of nitrogens with two attached hydrogens (primary N) is 2. The molecule has 0 aromatic rings. The van der Waals surface area contributed by atoms with Crippen LogP contribution >= 0.6 is 0 Å². The smallest absolute Gasteiger partial charge is 0.326 e. The molecule has 0 aliphatic carbocycles. The first kappa shape index (κ1) is 26.3. The maximum absolute atomic E-state index is 12.6. The summed E-state index contributed by atoms with van der Waals surface area (Å²) in [6.45, 7) is 8.33. The fourth-order valence-electron chi connectivity index (χ4n) is 2.46. The molecule has 0 spiro atoms. The van der Waals surface area contributed by atoms with Gasteiger partial charge in [-0.3, -0.25) is 19.2 Å². The minimum atomic E-state index is -1.31. The third-order valence-corrected chi connectivity index (χ3v) is 4.02. The lowest BCUT2D eigenvalue weighted by molar-refractivity contribution is -0.143. The fourth-order valence-corrected chi connectivity index (χ4v) is 2.46. The molecule has 0 saturated carbocycles. The Morgan fingerprint density at radius 2 is 1.31 bits per heavy atom. The van der Waals surface area contributed by atoms with E-state index in [-0.39, 0.29) is 18.3 Å². The van der Waals surface area contributed by atoms with E-state index in [9.17, 15) is 29.1 Å². The molecular weight excluding hydrogens is 382 g/mol. The lowest BCUT2D eigenvalue weighted by atomic mass is 10.00. The molecule has 0 rings (SSSR count). The largest absolute Gasteiger partial charge is 0.480 e. The zero-order chi connectivity index (χ0) is 22.9. The van der Waals surface area contributed by atoms with E-state index in [0.29, 0.717) is 0 Å². The molecule has 11 nitrogen and oxygen atoms in total. The second-order valence-corrected chi connectivity index (χ2v) is 7.78. The number of rotatable bonds is 12. The van der Waals surface area contributed by atoms with Crippen molar-refractivity contribution in [1.82, 2.24) is 16.0 Å². The van der Waals surface area contributed by atoms with Crippen LogP contribution in [0.3, 0.4) is 0 Å². The van der Waals surface area contributed by atoms with Crippen molar-refractivity contribution >= 4 is 29.6 Å². The van der Waals surface area contributed by atoms with Gasteiger partial charge in [-0.25, -0.2) is 4.79 Å². The fraction of sp³-hybridized carbons (Fsp3) is 0.722. The van der Waals surface area contributed by atoms with Gasteiger partial charge >= 0.3 is 5.97 Å². The molecule has 0 aromatic carbocycles. The minimum Gasteiger partial charge on any atom is -0.480 e. The van der Waals surface area contributed by atoms with Crippen molar-refractivity contribution < 1.29 is 29.1 Å². The van der Waals surface area contributed by atoms with E-state index in [2.05, 4.69) is 16.0 Å². The molecule has 0 saturated heterocycles. The van der Waals surface area contributed by atoms with Crippen LogP contribution in [0.15, 0.2) is 0 Å². The first-order valence-electron chi connectivity index (χ1n) is 9.44. The van der Waals surface area contributed by atoms with Gasteiger partial charge in [0.1, 0.15) is 18.1 Å². The summed E-state index contributed by atoms with van der Waals surface area (Å²) in [7, 11) is 0. The van der Waals surface area contributed by atoms with Crippen LogP contribution in [0.2, 0.25) is 0 Å². The number of carboxylic acid groups (broad SMARTS) is 1. The van der Waals surface area contributed by atoms with Crippen LogP contribution in [0.1, 0.15) is 47.5 Å². The molecule has 0 heterocycles. The molecule has 0 bridgehead atoms. The number of amides is 4. The summed E-state index contributed by atoms with van der Waals surface area (Å²) >= 11 is 0. The number of hydrogen-bond acceptors (Lipinski definition) is 6. The SMILES string of the molecule is CC(C)CC(NC(=O)C(CC(N)=O)NC(=O)C(C)N)C(=O)NC(C(=O)O)C(C)C. The zero-order valence-electron chi connectivity index (χ0n) is 17.5. The highest BCUT2D eigenvalue weighted by molar-refractivity contribution is 5.96. The van der Waals surface area contributed by atoms with Crippen LogP contribution in [0.5, 0.6) is 0 Å². The number of carbonyl (C=O) groups is 5. The van der Waals surface area contributed by atoms with E-state index >= 15 is 0 Å². The highest BCUT2D eigenvalue weighted by Gasteiger charge is 2.31. The van der Waals surface area contributed by atoms with Gasteiger partial charge in [-0.05, 0) is 25.2 Å². The standard InChI is InChI=1S/C18H33N5O6/c1-8(2)6-11(17(27)23-14(9(3)4)18(28)29)22-16(26)12(7-13(20)24)21-15(25)10(5)19/h8-12,14H,6-7,19H2,1-5H3,(H2,20,24)(H,21,25)(H,22,26)(H,23,27)(H,28,29). The van der Waals surface area contributed by atoms with Gasteiger partial charge in [-0.1, -0.05) is 27.7 Å². The van der Waals surface area contributed by atoms with E-state index in [1.54, 1.807) is 13.8 Å². The zero-order valence-corrected chi connectivity index (χ0v) is 17.5. The Balaban J connectivity index is 5.45. The summed E-state index contributed by atoms with van der Waals surface area (Å²) in [5.74, 6) is -4.55. The Bertz CT molecular complexity index is 620. The maximum atomic E-state index is 12.6. The first-order valence-corrected chi connectivity index (χ1v) is 9.44. The molecule has 0 aromatic heterocycles. The second kappa shape index (κ2) is 12.0. The average molecular weight is 415 g/mol. The Morgan fingerprint density at radius 3 is 1.69 bits per heavy atom. The number of hydrogen-bond donors (Lipinski definition) is 6. The molecule has 4 unspecified atom stereocenters. The minimum absolute atomic E-state index is 0.0124. The van der Waals surface area contributed by atoms with Crippen molar-refractivity contribution in [1.29, 1.82) is 0 Å². The van der Waals surface area contributed by atoms with E-state index in [0.717, 1.165) is 0 Å². The second-order valence-electron chi connectivity index (χ2n) is 7.78. The normalized spacial score (nSPS) is 15.2. The molecule has 166 valence electrons. The van der Waals surface area contributed by atoms with Gasteiger partial charge in [0.15, 0.2) is 0 Å². The number of nitrogens with one attached hydrogen (secondary N) is 3. The summed E-state index contributed by atoms with van der Waals surface area (Å²) < 4.78 is 0. The Morgan fingerprint density at radius 1 is 0.828 bits per heavy atom. The molecular formula is C18H33N5O6. The summed E-state index contributed by atoms with van der Waals surface area (Å²) in [6.07, 6.45) is -0.267. The van der Waals surface area contributed by atoms with Gasteiger partial charge in [0, 0.05) is 0 Å². The summed E-state index contributed by atoms with van der Waals surface area (Å²) in [4.78, 5) is 59.7. The van der Waals surface area contributed by atoms with Crippen LogP contribution in [-0.4, -0.2) is 58.9 Å². The molecule has 0 radical (unpaired) electrons. The highest BCUT2D eigenvalue weighted by atomic mass is 16.4. The van der Waals surface area contributed by atoms with Crippen LogP contribution in [0, 0.1) is 11.8 Å². The van der Waals surface area contributed by atoms with Gasteiger partial charge in [-0.15, -0.1) is 0 Å². The van der Waals surface area contributed by atoms with E-state index in [1.807, 2.05) is 13.8 Å². The van der Waals surface area contributed by atoms with Crippen LogP contribution in [-0.2, 0) is 24.0 Å². The predicted octanol–water partition coefficient (Wildman–Crippen LogP) is -1.55. The molecule has 8 N–H and O–H groups in total. The van der Waals surface area contributed by atoms with Crippen LogP contribution < -0.4 is 27.4 Å². The van der Waals surface area contributed by atoms with Crippen molar-refractivity contribution in [2.45, 2.75) is 71.6 Å². The number of primary amides is 1. The van der Waals surface area contributed by atoms with Crippen molar-refractivity contribution in [3.63, 3.8) is 0 Å². The first-order chi connectivity index (χ1) is 13.3. The van der Waals surface area contributed by atoms with Crippen LogP contribution in [0.25, 0.3) is 0 Å². The summed E-state index contributed by atoms with van der Waals surface area (Å²) in [5, 5.41) is 16.5. The molecule has 11 heteroatoms. The van der Waals surface area contributed by atoms with E-state index in [4.69, 9.17) is 11.5 Å². The summed E-state index contributed by atoms with van der Waals surface area (Å²) in [6, 6.07) is -4.43. The lowest BCUT2D eigenvalue weighted by Crippen LogP contribution is -2.58. The van der Waals surface area contributed by atoms with Crippen molar-refractivity contribution in [3.05, 3.63) is 0 Å². The Hall–Kier alpha value is -2.69.